The van der Waals surface area contributed by atoms with E-state index in [4.69, 9.17) is 0 Å². The molecule has 0 spiro atoms. The van der Waals surface area contributed by atoms with Crippen LogP contribution in [0.3, 0.4) is 0 Å². The molecular weight excluding hydrogens is 255 g/mol. The number of piperidine rings is 1. The van der Waals surface area contributed by atoms with Gasteiger partial charge in [0.15, 0.2) is 0 Å². The van der Waals surface area contributed by atoms with Gasteiger partial charge in [-0.1, -0.05) is 0 Å². The molecule has 0 amide bonds. The molecule has 1 saturated heterocycles. The highest BCUT2D eigenvalue weighted by Crippen LogP contribution is 2.35. The summed E-state index contributed by atoms with van der Waals surface area (Å²) in [6, 6.07) is 1.35. The highest BCUT2D eigenvalue weighted by molar-refractivity contribution is 5.11. The number of hydrogen-bond donors (Lipinski definition) is 1. The maximum Gasteiger partial charge on any atom is 0.393 e. The highest BCUT2D eigenvalue weighted by atomic mass is 19.4. The number of hydrogen-bond acceptors (Lipinski definition) is 2. The van der Waals surface area contributed by atoms with E-state index in [1.807, 2.05) is 19.9 Å². The lowest BCUT2D eigenvalue weighted by Crippen LogP contribution is -2.49. The predicted octanol–water partition coefficient (Wildman–Crippen LogP) is 2.68. The van der Waals surface area contributed by atoms with Gasteiger partial charge in [0.05, 0.1) is 11.6 Å². The van der Waals surface area contributed by atoms with Gasteiger partial charge < -0.3 is 5.32 Å². The van der Waals surface area contributed by atoms with Gasteiger partial charge in [-0.2, -0.15) is 18.3 Å². The third-order valence-corrected chi connectivity index (χ3v) is 3.72. The zero-order valence-corrected chi connectivity index (χ0v) is 11.3. The number of rotatable bonds is 3. The number of halogens is 3. The van der Waals surface area contributed by atoms with Crippen molar-refractivity contribution in [1.82, 2.24) is 15.1 Å². The minimum Gasteiger partial charge on any atom is -0.313 e. The third kappa shape index (κ3) is 3.29. The summed E-state index contributed by atoms with van der Waals surface area (Å²) < 4.78 is 40.8. The number of nitrogens with one attached hydrogen (secondary N) is 1. The van der Waals surface area contributed by atoms with Gasteiger partial charge in [-0.3, -0.25) is 4.68 Å². The molecule has 1 N–H and O–H groups in total. The summed E-state index contributed by atoms with van der Waals surface area (Å²) in [5.74, 6) is -1.25. The van der Waals surface area contributed by atoms with Crippen LogP contribution in [0, 0.1) is 12.8 Å². The smallest absolute Gasteiger partial charge is 0.313 e. The average Bonchev–Trinajstić information content (AvgIpc) is 2.69. The van der Waals surface area contributed by atoms with Gasteiger partial charge in [-0.15, -0.1) is 0 Å². The quantitative estimate of drug-likeness (QED) is 0.919. The molecule has 2 rings (SSSR count). The van der Waals surface area contributed by atoms with Crippen LogP contribution in [0.4, 0.5) is 13.2 Å². The molecule has 0 saturated carbocycles. The Hall–Kier alpha value is -1.04. The molecule has 19 heavy (non-hydrogen) atoms. The number of aromatic nitrogens is 2. The molecule has 0 aliphatic carbocycles. The van der Waals surface area contributed by atoms with Crippen molar-refractivity contribution in [2.75, 3.05) is 6.54 Å². The molecule has 1 aromatic heterocycles. The molecule has 2 atom stereocenters. The van der Waals surface area contributed by atoms with Crippen molar-refractivity contribution in [3.05, 3.63) is 17.5 Å². The number of aryl methyl sites for hydroxylation is 2. The molecule has 2 unspecified atom stereocenters. The van der Waals surface area contributed by atoms with Gasteiger partial charge in [0.2, 0.25) is 0 Å². The minimum absolute atomic E-state index is 0.223. The summed E-state index contributed by atoms with van der Waals surface area (Å²) in [5.41, 5.74) is 1.74. The lowest BCUT2D eigenvalue weighted by atomic mass is 9.87. The topological polar surface area (TPSA) is 29.9 Å². The average molecular weight is 275 g/mol. The fourth-order valence-electron chi connectivity index (χ4n) is 2.82. The molecule has 0 radical (unpaired) electrons. The van der Waals surface area contributed by atoms with Crippen LogP contribution in [0.5, 0.6) is 0 Å². The van der Waals surface area contributed by atoms with E-state index in [0.29, 0.717) is 25.9 Å². The first-order chi connectivity index (χ1) is 8.91. The van der Waals surface area contributed by atoms with Gasteiger partial charge in [0.25, 0.3) is 0 Å². The molecule has 1 aliphatic heterocycles. The van der Waals surface area contributed by atoms with Gasteiger partial charge >= 0.3 is 6.18 Å². The Labute approximate surface area is 111 Å². The lowest BCUT2D eigenvalue weighted by Gasteiger charge is -2.34. The third-order valence-electron chi connectivity index (χ3n) is 3.72. The molecule has 1 fully saturated rings. The molecule has 6 heteroatoms. The van der Waals surface area contributed by atoms with Crippen LogP contribution in [-0.4, -0.2) is 28.5 Å². The highest BCUT2D eigenvalue weighted by Gasteiger charge is 2.45. The first-order valence-electron chi connectivity index (χ1n) is 6.75. The van der Waals surface area contributed by atoms with E-state index in [-0.39, 0.29) is 6.42 Å². The van der Waals surface area contributed by atoms with Crippen molar-refractivity contribution >= 4 is 0 Å². The van der Waals surface area contributed by atoms with Crippen LogP contribution < -0.4 is 5.32 Å². The SMILES string of the molecule is CCn1nc(C)cc1CC1NCCCC1C(F)(F)F. The minimum atomic E-state index is -4.12. The van der Waals surface area contributed by atoms with E-state index in [0.717, 1.165) is 11.4 Å². The van der Waals surface area contributed by atoms with E-state index in [2.05, 4.69) is 10.4 Å². The van der Waals surface area contributed by atoms with E-state index in [9.17, 15) is 13.2 Å². The van der Waals surface area contributed by atoms with Crippen molar-refractivity contribution < 1.29 is 13.2 Å². The summed E-state index contributed by atoms with van der Waals surface area (Å²) >= 11 is 0. The Balaban J connectivity index is 2.15. The van der Waals surface area contributed by atoms with E-state index in [1.54, 1.807) is 4.68 Å². The lowest BCUT2D eigenvalue weighted by molar-refractivity contribution is -0.188. The predicted molar refractivity (Wildman–Crippen MR) is 66.9 cm³/mol. The second-order valence-electron chi connectivity index (χ2n) is 5.15. The number of alkyl halides is 3. The van der Waals surface area contributed by atoms with Crippen LogP contribution >= 0.6 is 0 Å². The monoisotopic (exact) mass is 275 g/mol. The molecule has 1 aliphatic rings. The van der Waals surface area contributed by atoms with Crippen LogP contribution in [0.2, 0.25) is 0 Å². The number of nitrogens with zero attached hydrogens (tertiary/aromatic N) is 2. The Bertz CT molecular complexity index is 425. The fourth-order valence-corrected chi connectivity index (χ4v) is 2.82. The first-order valence-corrected chi connectivity index (χ1v) is 6.75. The van der Waals surface area contributed by atoms with Crippen LogP contribution in [0.15, 0.2) is 6.07 Å². The largest absolute Gasteiger partial charge is 0.393 e. The fraction of sp³-hybridized carbons (Fsp3) is 0.769. The van der Waals surface area contributed by atoms with Crippen molar-refractivity contribution in [1.29, 1.82) is 0 Å². The van der Waals surface area contributed by atoms with Crippen molar-refractivity contribution in [3.8, 4) is 0 Å². The van der Waals surface area contributed by atoms with Crippen LogP contribution in [0.25, 0.3) is 0 Å². The maximum absolute atomic E-state index is 13.0. The maximum atomic E-state index is 13.0. The van der Waals surface area contributed by atoms with Crippen molar-refractivity contribution in [2.24, 2.45) is 5.92 Å². The summed E-state index contributed by atoms with van der Waals surface area (Å²) in [5, 5.41) is 7.31. The standard InChI is InChI=1S/C13H20F3N3/c1-3-19-10(7-9(2)18-19)8-12-11(13(14,15)16)5-4-6-17-12/h7,11-12,17H,3-6,8H2,1-2H3. The Morgan fingerprint density at radius 1 is 1.47 bits per heavy atom. The zero-order valence-electron chi connectivity index (χ0n) is 11.3. The first kappa shape index (κ1) is 14.4. The Kier molecular flexibility index (Phi) is 4.18. The van der Waals surface area contributed by atoms with Gasteiger partial charge in [-0.05, 0) is 39.3 Å². The summed E-state index contributed by atoms with van der Waals surface area (Å²) in [6.07, 6.45) is -2.92. The summed E-state index contributed by atoms with van der Waals surface area (Å²) in [4.78, 5) is 0. The Morgan fingerprint density at radius 2 is 2.21 bits per heavy atom. The molecule has 1 aromatic rings. The van der Waals surface area contributed by atoms with Crippen LogP contribution in [-0.2, 0) is 13.0 Å². The Morgan fingerprint density at radius 3 is 2.84 bits per heavy atom. The summed E-state index contributed by atoms with van der Waals surface area (Å²) in [7, 11) is 0. The second kappa shape index (κ2) is 5.53. The van der Waals surface area contributed by atoms with E-state index in [1.165, 1.54) is 0 Å². The molecule has 108 valence electrons. The molecule has 2 heterocycles. The van der Waals surface area contributed by atoms with Gasteiger partial charge in [0.1, 0.15) is 0 Å². The van der Waals surface area contributed by atoms with E-state index >= 15 is 0 Å². The molecule has 3 nitrogen and oxygen atoms in total. The van der Waals surface area contributed by atoms with Crippen molar-refractivity contribution in [3.63, 3.8) is 0 Å². The zero-order chi connectivity index (χ0) is 14.0. The van der Waals surface area contributed by atoms with E-state index < -0.39 is 18.1 Å². The van der Waals surface area contributed by atoms with Crippen molar-refractivity contribution in [2.45, 2.75) is 51.9 Å². The molecule has 0 aromatic carbocycles. The van der Waals surface area contributed by atoms with Crippen LogP contribution in [0.1, 0.15) is 31.2 Å². The second-order valence-corrected chi connectivity index (χ2v) is 5.15. The summed E-state index contributed by atoms with van der Waals surface area (Å²) in [6.45, 7) is 5.17. The molecular formula is C13H20F3N3. The van der Waals surface area contributed by atoms with Gasteiger partial charge in [0, 0.05) is 24.7 Å². The van der Waals surface area contributed by atoms with Gasteiger partial charge in [-0.25, -0.2) is 0 Å². The normalized spacial score (nSPS) is 24.7. The molecule has 0 bridgehead atoms.